The van der Waals surface area contributed by atoms with Crippen molar-refractivity contribution in [3.8, 4) is 17.1 Å². The summed E-state index contributed by atoms with van der Waals surface area (Å²) in [6.45, 7) is -12.3. The Kier molecular flexibility index (Phi) is 2.77. The fourth-order valence-corrected chi connectivity index (χ4v) is 5.14. The molecule has 0 bridgehead atoms. The van der Waals surface area contributed by atoms with Crippen molar-refractivity contribution in [2.24, 2.45) is 7.05 Å². The minimum Gasteiger partial charge on any atom is -0.456 e. The lowest BCUT2D eigenvalue weighted by Gasteiger charge is -2.18. The Bertz CT molecular complexity index is 2200. The molecule has 0 aliphatic rings. The van der Waals surface area contributed by atoms with Crippen LogP contribution in [0.1, 0.15) is 75.1 Å². The first kappa shape index (κ1) is 11.9. The van der Waals surface area contributed by atoms with E-state index < -0.39 is 56.0 Å². The number of para-hydroxylation sites is 4. The Hall–Kier alpha value is -3.85. The van der Waals surface area contributed by atoms with Gasteiger partial charge in [0.1, 0.15) is 16.9 Å². The zero-order valence-corrected chi connectivity index (χ0v) is 19.8. The molecule has 2 aromatic heterocycles. The molecule has 4 aromatic carbocycles. The molecule has 0 aliphatic heterocycles. The Balaban J connectivity index is 1.90. The third-order valence-corrected chi connectivity index (χ3v) is 6.78. The third-order valence-electron chi connectivity index (χ3n) is 6.78. The molecule has 6 aromatic rings. The van der Waals surface area contributed by atoms with Crippen LogP contribution in [0.2, 0.25) is 0 Å². The zero-order valence-electron chi connectivity index (χ0n) is 33.8. The average molecular weight is 488 g/mol. The maximum absolute atomic E-state index is 9.28. The summed E-state index contributed by atoms with van der Waals surface area (Å²) in [7, 11) is 1.70. The van der Waals surface area contributed by atoms with Gasteiger partial charge in [-0.3, -0.25) is 0 Å². The van der Waals surface area contributed by atoms with Crippen molar-refractivity contribution in [3.63, 3.8) is 0 Å². The molecule has 2 heterocycles. The number of aryl methyl sites for hydroxylation is 2. The van der Waals surface area contributed by atoms with E-state index in [4.69, 9.17) is 20.9 Å². The largest absolute Gasteiger partial charge is 0.456 e. The summed E-state index contributed by atoms with van der Waals surface area (Å²) in [5.74, 6) is -6.53. The second-order valence-electron chi connectivity index (χ2n) is 8.92. The zero-order chi connectivity index (χ0) is 37.0. The van der Waals surface area contributed by atoms with Crippen LogP contribution in [0.15, 0.2) is 83.3 Å². The van der Waals surface area contributed by atoms with Crippen molar-refractivity contribution < 1.29 is 28.2 Å². The van der Waals surface area contributed by atoms with E-state index in [-0.39, 0.29) is 5.82 Å². The summed E-state index contributed by atoms with van der Waals surface area (Å²) in [5.41, 5.74) is 1.35. The molecular weight excluding hydrogens is 440 g/mol. The summed E-state index contributed by atoms with van der Waals surface area (Å²) in [4.78, 5) is 0. The number of hydrogen-bond donors (Lipinski definition) is 0. The van der Waals surface area contributed by atoms with E-state index in [2.05, 4.69) is 0 Å². The summed E-state index contributed by atoms with van der Waals surface area (Å²) in [6, 6.07) is 21.1. The first-order chi connectivity index (χ1) is 23.0. The van der Waals surface area contributed by atoms with E-state index in [9.17, 15) is 2.74 Å². The highest BCUT2D eigenvalue weighted by molar-refractivity contribution is 6.06. The predicted octanol–water partition coefficient (Wildman–Crippen LogP) is 8.58. The van der Waals surface area contributed by atoms with Crippen molar-refractivity contribution in [3.05, 3.63) is 95.6 Å². The Morgan fingerprint density at radius 1 is 0.806 bits per heavy atom. The lowest BCUT2D eigenvalue weighted by molar-refractivity contribution is -0.633. The Morgan fingerprint density at radius 2 is 1.50 bits per heavy atom. The number of rotatable bonds is 4. The molecule has 3 nitrogen and oxygen atoms in total. The minimum absolute atomic E-state index is 0.279. The van der Waals surface area contributed by atoms with Crippen LogP contribution < -0.4 is 4.57 Å². The second-order valence-corrected chi connectivity index (χ2v) is 8.92. The maximum Gasteiger partial charge on any atom is 0.295 e. The van der Waals surface area contributed by atoms with E-state index in [1.165, 1.54) is 4.57 Å². The van der Waals surface area contributed by atoms with Gasteiger partial charge < -0.3 is 4.42 Å². The van der Waals surface area contributed by atoms with Crippen molar-refractivity contribution in [1.82, 2.24) is 4.57 Å². The molecule has 36 heavy (non-hydrogen) atoms. The fourth-order valence-electron chi connectivity index (χ4n) is 5.14. The summed E-state index contributed by atoms with van der Waals surface area (Å²) >= 11 is 0. The number of fused-ring (bicyclic) bond motifs is 4. The van der Waals surface area contributed by atoms with Crippen LogP contribution in [-0.4, -0.2) is 4.57 Å². The summed E-state index contributed by atoms with van der Waals surface area (Å²) in [5, 5.41) is 1.51. The van der Waals surface area contributed by atoms with Gasteiger partial charge in [-0.05, 0) is 54.6 Å². The SMILES string of the molecule is [2H]C([2H])([2H])C([2H])(c1cccc(C([2H])(C([2H])([2H])[2H])C([2H])([2H])[2H])c1-n1c(-c2cc3c(cc2C)oc2ccccc23)[n+](C)c2ccccc21)C([2H])([2H])[2H]. The van der Waals surface area contributed by atoms with Gasteiger partial charge in [0.2, 0.25) is 0 Å². The van der Waals surface area contributed by atoms with E-state index in [0.717, 1.165) is 23.6 Å². The van der Waals surface area contributed by atoms with Gasteiger partial charge in [-0.2, -0.15) is 4.57 Å². The quantitative estimate of drug-likeness (QED) is 0.228. The van der Waals surface area contributed by atoms with Gasteiger partial charge in [0.05, 0.1) is 12.6 Å². The molecule has 0 radical (unpaired) electrons. The lowest BCUT2D eigenvalue weighted by atomic mass is 9.92. The highest BCUT2D eigenvalue weighted by atomic mass is 16.3. The molecule has 0 spiro atoms. The van der Waals surface area contributed by atoms with Crippen LogP contribution in [0.3, 0.4) is 0 Å². The van der Waals surface area contributed by atoms with Gasteiger partial charge in [-0.1, -0.05) is 75.9 Å². The van der Waals surface area contributed by atoms with Gasteiger partial charge >= 0.3 is 0 Å². The molecule has 180 valence electrons. The normalized spacial score (nSPS) is 19.8. The average Bonchev–Trinajstić information content (AvgIpc) is 3.51. The Morgan fingerprint density at radius 3 is 2.25 bits per heavy atom. The molecule has 6 rings (SSSR count). The number of nitrogens with zero attached hydrogens (tertiary/aromatic N) is 2. The summed E-state index contributed by atoms with van der Waals surface area (Å²) in [6.07, 6.45) is 0. The smallest absolute Gasteiger partial charge is 0.295 e. The molecule has 0 unspecified atom stereocenters. The van der Waals surface area contributed by atoms with Gasteiger partial charge in [0.25, 0.3) is 5.82 Å². The summed E-state index contributed by atoms with van der Waals surface area (Å²) < 4.78 is 128. The molecule has 0 amide bonds. The highest BCUT2D eigenvalue weighted by Gasteiger charge is 2.31. The molecular formula is C33H33N2O+. The number of hydrogen-bond acceptors (Lipinski definition) is 1. The molecule has 0 fully saturated rings. The Labute approximate surface area is 232 Å². The highest BCUT2D eigenvalue weighted by Crippen LogP contribution is 2.39. The molecule has 0 aliphatic carbocycles. The monoisotopic (exact) mass is 487 g/mol. The predicted molar refractivity (Wildman–Crippen MR) is 150 cm³/mol. The molecule has 0 saturated carbocycles. The van der Waals surface area contributed by atoms with Crippen molar-refractivity contribution in [1.29, 1.82) is 0 Å². The van der Waals surface area contributed by atoms with Gasteiger partial charge in [0, 0.05) is 41.1 Å². The van der Waals surface area contributed by atoms with Crippen LogP contribution >= 0.6 is 0 Å². The van der Waals surface area contributed by atoms with Crippen molar-refractivity contribution in [2.45, 2.75) is 46.1 Å². The van der Waals surface area contributed by atoms with E-state index >= 15 is 0 Å². The van der Waals surface area contributed by atoms with E-state index in [1.807, 2.05) is 30.3 Å². The number of aromatic nitrogens is 2. The molecule has 0 atom stereocenters. The van der Waals surface area contributed by atoms with Crippen LogP contribution in [0.25, 0.3) is 50.0 Å². The second kappa shape index (κ2) is 8.37. The number of imidazole rings is 1. The lowest BCUT2D eigenvalue weighted by Crippen LogP contribution is -2.30. The van der Waals surface area contributed by atoms with Crippen LogP contribution in [0.5, 0.6) is 0 Å². The number of furan rings is 1. The molecule has 3 heteroatoms. The first-order valence-corrected chi connectivity index (χ1v) is 11.5. The van der Waals surface area contributed by atoms with Gasteiger partial charge in [0.15, 0.2) is 11.0 Å². The van der Waals surface area contributed by atoms with E-state index in [1.54, 1.807) is 48.9 Å². The van der Waals surface area contributed by atoms with Crippen LogP contribution in [-0.2, 0) is 7.05 Å². The van der Waals surface area contributed by atoms with Gasteiger partial charge in [-0.15, -0.1) is 0 Å². The van der Waals surface area contributed by atoms with Crippen molar-refractivity contribution >= 4 is 33.0 Å². The number of benzene rings is 4. The fraction of sp³-hybridized carbons (Fsp3) is 0.242. The van der Waals surface area contributed by atoms with Gasteiger partial charge in [-0.25, -0.2) is 4.57 Å². The van der Waals surface area contributed by atoms with E-state index in [0.29, 0.717) is 38.7 Å². The molecule has 0 N–H and O–H groups in total. The minimum atomic E-state index is -3.54. The van der Waals surface area contributed by atoms with Crippen molar-refractivity contribution in [2.75, 3.05) is 0 Å². The maximum atomic E-state index is 9.28. The van der Waals surface area contributed by atoms with Crippen LogP contribution in [0, 0.1) is 6.92 Å². The third kappa shape index (κ3) is 3.30. The molecule has 0 saturated heterocycles. The standard InChI is InChI=1S/C33H33N2O/c1-20(2)23-13-11-14-24(21(3)4)32(23)35-29-16-9-8-15-28(29)34(6)33(35)26-19-27-25-12-7-10-17-30(25)36-31(27)18-22(26)5/h7-21H,1-6H3/q+1/i1D3,2D3,3D3,4D3,20D,21D. The first-order valence-electron chi connectivity index (χ1n) is 18.5. The van der Waals surface area contributed by atoms with Crippen LogP contribution in [0.4, 0.5) is 0 Å². The topological polar surface area (TPSA) is 21.9 Å².